The van der Waals surface area contributed by atoms with E-state index in [0.717, 1.165) is 23.4 Å². The average Bonchev–Trinajstić information content (AvgIpc) is 2.60. The maximum Gasteiger partial charge on any atom is 0.182 e. The molecule has 138 valence electrons. The zero-order chi connectivity index (χ0) is 19.3. The largest absolute Gasteiger partial charge is 0.376 e. The summed E-state index contributed by atoms with van der Waals surface area (Å²) in [7, 11) is 1.95. The van der Waals surface area contributed by atoms with Crippen molar-refractivity contribution >= 4 is 35.1 Å². The maximum absolute atomic E-state index is 13.1. The fourth-order valence-electron chi connectivity index (χ4n) is 2.39. The zero-order valence-corrected chi connectivity index (χ0v) is 16.2. The van der Waals surface area contributed by atoms with Crippen molar-refractivity contribution in [3.8, 4) is 0 Å². The first-order valence-electron chi connectivity index (χ1n) is 8.39. The van der Waals surface area contributed by atoms with Crippen LogP contribution < -0.4 is 5.32 Å². The van der Waals surface area contributed by atoms with Crippen LogP contribution in [0.5, 0.6) is 0 Å². The van der Waals surface area contributed by atoms with E-state index in [-0.39, 0.29) is 17.4 Å². The number of carbonyl (C=O) groups is 1. The number of nitrogens with zero attached hydrogens (tertiary/aromatic N) is 2. The molecule has 0 atom stereocenters. The number of aliphatic imine (C=N–C) groups is 1. The standard InChI is InChI=1S/C20H23ClFN3O/c1-5-25(4)12-24-19-9-13(2)16(8-14(19)3)20(26)11-23-18-7-6-15(22)10-17(18)21/h6-10,12,23H,5,11H2,1-4H3. The second kappa shape index (κ2) is 8.81. The van der Waals surface area contributed by atoms with Crippen LogP contribution in [-0.2, 0) is 0 Å². The number of halogens is 2. The third-order valence-electron chi connectivity index (χ3n) is 4.11. The van der Waals surface area contributed by atoms with Gasteiger partial charge < -0.3 is 10.2 Å². The molecule has 0 saturated heterocycles. The van der Waals surface area contributed by atoms with Crippen molar-refractivity contribution in [2.75, 3.05) is 25.5 Å². The Balaban J connectivity index is 2.13. The number of carbonyl (C=O) groups excluding carboxylic acids is 1. The SMILES string of the molecule is CCN(C)C=Nc1cc(C)c(C(=O)CNc2ccc(F)cc2Cl)cc1C. The summed E-state index contributed by atoms with van der Waals surface area (Å²) in [5.41, 5.74) is 3.79. The van der Waals surface area contributed by atoms with Gasteiger partial charge >= 0.3 is 0 Å². The van der Waals surface area contributed by atoms with Gasteiger partial charge in [-0.1, -0.05) is 11.6 Å². The van der Waals surface area contributed by atoms with Gasteiger partial charge in [-0.05, 0) is 62.2 Å². The molecular formula is C20H23ClFN3O. The van der Waals surface area contributed by atoms with Crippen molar-refractivity contribution in [3.05, 3.63) is 57.9 Å². The Morgan fingerprint density at radius 1 is 1.27 bits per heavy atom. The summed E-state index contributed by atoms with van der Waals surface area (Å²) < 4.78 is 13.1. The number of Topliss-reactive ketones (excluding diaryl/α,β-unsaturated/α-hetero) is 1. The average molecular weight is 376 g/mol. The smallest absolute Gasteiger partial charge is 0.182 e. The Hall–Kier alpha value is -2.40. The summed E-state index contributed by atoms with van der Waals surface area (Å²) in [4.78, 5) is 19.0. The lowest BCUT2D eigenvalue weighted by Crippen LogP contribution is -2.16. The highest BCUT2D eigenvalue weighted by atomic mass is 35.5. The van der Waals surface area contributed by atoms with Crippen LogP contribution in [0.2, 0.25) is 5.02 Å². The van der Waals surface area contributed by atoms with Crippen LogP contribution in [0.4, 0.5) is 15.8 Å². The summed E-state index contributed by atoms with van der Waals surface area (Å²) in [6, 6.07) is 7.79. The highest BCUT2D eigenvalue weighted by Gasteiger charge is 2.12. The van der Waals surface area contributed by atoms with Crippen LogP contribution in [-0.4, -0.2) is 37.2 Å². The van der Waals surface area contributed by atoms with E-state index in [0.29, 0.717) is 11.3 Å². The van der Waals surface area contributed by atoms with Crippen molar-refractivity contribution in [1.82, 2.24) is 4.90 Å². The van der Waals surface area contributed by atoms with E-state index in [2.05, 4.69) is 10.3 Å². The lowest BCUT2D eigenvalue weighted by Gasteiger charge is -2.12. The van der Waals surface area contributed by atoms with Crippen LogP contribution in [0.25, 0.3) is 0 Å². The number of hydrogen-bond acceptors (Lipinski definition) is 3. The number of benzene rings is 2. The number of aryl methyl sites for hydroxylation is 2. The first kappa shape index (κ1) is 19.9. The van der Waals surface area contributed by atoms with Crippen molar-refractivity contribution < 1.29 is 9.18 Å². The van der Waals surface area contributed by atoms with Gasteiger partial charge in [-0.25, -0.2) is 9.38 Å². The van der Waals surface area contributed by atoms with Gasteiger partial charge in [0.15, 0.2) is 5.78 Å². The summed E-state index contributed by atoms with van der Waals surface area (Å²) in [5.74, 6) is -0.476. The molecule has 2 rings (SSSR count). The quantitative estimate of drug-likeness (QED) is 0.420. The van der Waals surface area contributed by atoms with Gasteiger partial charge in [0.05, 0.1) is 29.3 Å². The van der Waals surface area contributed by atoms with Crippen molar-refractivity contribution in [3.63, 3.8) is 0 Å². The predicted octanol–water partition coefficient (Wildman–Crippen LogP) is 5.00. The molecule has 4 nitrogen and oxygen atoms in total. The maximum atomic E-state index is 13.1. The Kier molecular flexibility index (Phi) is 6.75. The van der Waals surface area contributed by atoms with Gasteiger partial charge in [0.2, 0.25) is 0 Å². The number of nitrogens with one attached hydrogen (secondary N) is 1. The molecule has 0 bridgehead atoms. The minimum Gasteiger partial charge on any atom is -0.376 e. The van der Waals surface area contributed by atoms with Crippen LogP contribution in [0.1, 0.15) is 28.4 Å². The molecule has 1 N–H and O–H groups in total. The Bertz CT molecular complexity index is 836. The normalized spacial score (nSPS) is 11.0. The summed E-state index contributed by atoms with van der Waals surface area (Å²) in [6.45, 7) is 6.81. The van der Waals surface area contributed by atoms with E-state index in [1.54, 1.807) is 6.34 Å². The van der Waals surface area contributed by atoms with Crippen LogP contribution in [0.3, 0.4) is 0 Å². The molecule has 0 aliphatic rings. The molecule has 26 heavy (non-hydrogen) atoms. The van der Waals surface area contributed by atoms with E-state index in [4.69, 9.17) is 11.6 Å². The van der Waals surface area contributed by atoms with Crippen molar-refractivity contribution in [2.24, 2.45) is 4.99 Å². The van der Waals surface area contributed by atoms with Gasteiger partial charge in [-0.15, -0.1) is 0 Å². The molecule has 0 aliphatic heterocycles. The van der Waals surface area contributed by atoms with Crippen molar-refractivity contribution in [2.45, 2.75) is 20.8 Å². The molecule has 0 heterocycles. The topological polar surface area (TPSA) is 44.7 Å². The van der Waals surface area contributed by atoms with Crippen LogP contribution >= 0.6 is 11.6 Å². The van der Waals surface area contributed by atoms with Crippen LogP contribution in [0.15, 0.2) is 35.3 Å². The highest BCUT2D eigenvalue weighted by molar-refractivity contribution is 6.33. The lowest BCUT2D eigenvalue weighted by atomic mass is 10.0. The fourth-order valence-corrected chi connectivity index (χ4v) is 2.62. The van der Waals surface area contributed by atoms with E-state index in [1.165, 1.54) is 18.2 Å². The second-order valence-corrected chi connectivity index (χ2v) is 6.58. The Labute approximate surface area is 158 Å². The van der Waals surface area contributed by atoms with Gasteiger partial charge in [-0.2, -0.15) is 0 Å². The van der Waals surface area contributed by atoms with Crippen molar-refractivity contribution in [1.29, 1.82) is 0 Å². The first-order valence-corrected chi connectivity index (χ1v) is 8.77. The Morgan fingerprint density at radius 2 is 2.00 bits per heavy atom. The third-order valence-corrected chi connectivity index (χ3v) is 4.42. The molecule has 0 aliphatic carbocycles. The minimum atomic E-state index is -0.414. The molecule has 0 radical (unpaired) electrons. The predicted molar refractivity (Wildman–Crippen MR) is 107 cm³/mol. The molecule has 2 aromatic rings. The second-order valence-electron chi connectivity index (χ2n) is 6.17. The number of ketones is 1. The molecule has 0 saturated carbocycles. The van der Waals surface area contributed by atoms with E-state index < -0.39 is 5.82 Å². The molecule has 0 amide bonds. The highest BCUT2D eigenvalue weighted by Crippen LogP contribution is 2.25. The molecule has 6 heteroatoms. The molecule has 0 aromatic heterocycles. The van der Waals surface area contributed by atoms with Crippen LogP contribution in [0, 0.1) is 19.7 Å². The molecular weight excluding hydrogens is 353 g/mol. The van der Waals surface area contributed by atoms with Gasteiger partial charge in [0, 0.05) is 19.2 Å². The van der Waals surface area contributed by atoms with Gasteiger partial charge in [-0.3, -0.25) is 4.79 Å². The number of hydrogen-bond donors (Lipinski definition) is 1. The Morgan fingerprint density at radius 3 is 2.65 bits per heavy atom. The number of anilines is 1. The molecule has 0 spiro atoms. The first-order chi connectivity index (χ1) is 12.3. The van der Waals surface area contributed by atoms with Gasteiger partial charge in [0.1, 0.15) is 5.82 Å². The third kappa shape index (κ3) is 5.05. The summed E-state index contributed by atoms with van der Waals surface area (Å²) >= 11 is 5.97. The van der Waals surface area contributed by atoms with E-state index in [9.17, 15) is 9.18 Å². The van der Waals surface area contributed by atoms with E-state index >= 15 is 0 Å². The molecule has 0 fully saturated rings. The van der Waals surface area contributed by atoms with E-state index in [1.807, 2.05) is 44.9 Å². The lowest BCUT2D eigenvalue weighted by molar-refractivity contribution is 0.101. The number of rotatable bonds is 7. The minimum absolute atomic E-state index is 0.0628. The zero-order valence-electron chi connectivity index (χ0n) is 15.4. The fraction of sp³-hybridized carbons (Fsp3) is 0.300. The summed E-state index contributed by atoms with van der Waals surface area (Å²) in [6.07, 6.45) is 1.78. The van der Waals surface area contributed by atoms with Gasteiger partial charge in [0.25, 0.3) is 0 Å². The molecule has 0 unspecified atom stereocenters. The summed E-state index contributed by atoms with van der Waals surface area (Å²) in [5, 5.41) is 3.21. The monoisotopic (exact) mass is 375 g/mol. The molecule has 2 aromatic carbocycles.